The van der Waals surface area contributed by atoms with E-state index in [9.17, 15) is 4.79 Å². The molecule has 1 aliphatic heterocycles. The first-order valence-electron chi connectivity index (χ1n) is 6.77. The zero-order valence-corrected chi connectivity index (χ0v) is 11.6. The van der Waals surface area contributed by atoms with E-state index in [4.69, 9.17) is 5.11 Å². The fourth-order valence-corrected chi connectivity index (χ4v) is 2.48. The number of rotatable bonds is 5. The van der Waals surface area contributed by atoms with Crippen LogP contribution in [0.3, 0.4) is 0 Å². The Morgan fingerprint density at radius 3 is 2.63 bits per heavy atom. The third-order valence-electron chi connectivity index (χ3n) is 3.71. The lowest BCUT2D eigenvalue weighted by atomic mass is 10.0. The Morgan fingerprint density at radius 1 is 1.42 bits per heavy atom. The van der Waals surface area contributed by atoms with E-state index >= 15 is 0 Å². The van der Waals surface area contributed by atoms with Crippen LogP contribution in [-0.4, -0.2) is 63.9 Å². The number of likely N-dealkylation sites (N-methyl/N-ethyl adjacent to an activating group) is 1. The van der Waals surface area contributed by atoms with Gasteiger partial charge in [0.25, 0.3) is 0 Å². The van der Waals surface area contributed by atoms with Crippen LogP contribution in [-0.2, 0) is 11.3 Å². The molecular formula is C13H22N4O2. The zero-order chi connectivity index (χ0) is 13.8. The number of piperazine rings is 1. The Bertz CT molecular complexity index is 424. The van der Waals surface area contributed by atoms with Crippen LogP contribution in [0.1, 0.15) is 24.9 Å². The van der Waals surface area contributed by atoms with E-state index in [2.05, 4.69) is 21.9 Å². The van der Waals surface area contributed by atoms with Gasteiger partial charge in [0.2, 0.25) is 0 Å². The third kappa shape index (κ3) is 3.54. The molecule has 2 rings (SSSR count). The first-order valence-corrected chi connectivity index (χ1v) is 6.77. The Morgan fingerprint density at radius 2 is 2.11 bits per heavy atom. The number of hydrogen-bond acceptors (Lipinski definition) is 4. The summed E-state index contributed by atoms with van der Waals surface area (Å²) in [4.78, 5) is 15.6. The van der Waals surface area contributed by atoms with Gasteiger partial charge < -0.3 is 10.0 Å². The maximum Gasteiger partial charge on any atom is 0.305 e. The van der Waals surface area contributed by atoms with Crippen LogP contribution in [0.2, 0.25) is 0 Å². The molecule has 0 saturated carbocycles. The molecular weight excluding hydrogens is 244 g/mol. The molecule has 0 aromatic carbocycles. The van der Waals surface area contributed by atoms with E-state index < -0.39 is 5.97 Å². The topological polar surface area (TPSA) is 61.6 Å². The highest BCUT2D eigenvalue weighted by Crippen LogP contribution is 2.25. The van der Waals surface area contributed by atoms with Crippen molar-refractivity contribution in [2.45, 2.75) is 25.9 Å². The van der Waals surface area contributed by atoms with E-state index in [0.717, 1.165) is 38.3 Å². The second-order valence-electron chi connectivity index (χ2n) is 5.08. The number of hydrogen-bond donors (Lipinski definition) is 1. The van der Waals surface area contributed by atoms with Crippen LogP contribution in [0, 0.1) is 0 Å². The van der Waals surface area contributed by atoms with Gasteiger partial charge >= 0.3 is 5.97 Å². The number of carboxylic acid groups (broad SMARTS) is 1. The summed E-state index contributed by atoms with van der Waals surface area (Å²) < 4.78 is 1.85. The highest BCUT2D eigenvalue weighted by atomic mass is 16.4. The van der Waals surface area contributed by atoms with E-state index in [1.807, 2.05) is 17.8 Å². The minimum Gasteiger partial charge on any atom is -0.481 e. The van der Waals surface area contributed by atoms with Crippen molar-refractivity contribution in [2.75, 3.05) is 33.2 Å². The molecule has 19 heavy (non-hydrogen) atoms. The van der Waals surface area contributed by atoms with E-state index in [1.165, 1.54) is 0 Å². The van der Waals surface area contributed by atoms with E-state index in [1.54, 1.807) is 6.20 Å². The summed E-state index contributed by atoms with van der Waals surface area (Å²) in [6, 6.07) is -0.0634. The van der Waals surface area contributed by atoms with Crippen LogP contribution in [0.15, 0.2) is 12.4 Å². The molecule has 0 bridgehead atoms. The van der Waals surface area contributed by atoms with Crippen LogP contribution in [0.25, 0.3) is 0 Å². The third-order valence-corrected chi connectivity index (χ3v) is 3.71. The van der Waals surface area contributed by atoms with Gasteiger partial charge in [0.1, 0.15) is 0 Å². The van der Waals surface area contributed by atoms with Crippen LogP contribution in [0.5, 0.6) is 0 Å². The molecule has 1 aliphatic rings. The highest BCUT2D eigenvalue weighted by molar-refractivity contribution is 5.67. The lowest BCUT2D eigenvalue weighted by Gasteiger charge is -2.37. The van der Waals surface area contributed by atoms with Gasteiger partial charge in [-0.05, 0) is 14.0 Å². The SMILES string of the molecule is CCn1cc(C(CC(=O)O)N2CCN(C)CC2)cn1. The molecule has 1 N–H and O–H groups in total. The van der Waals surface area contributed by atoms with Gasteiger partial charge in [-0.1, -0.05) is 0 Å². The Kier molecular flexibility index (Phi) is 4.55. The normalized spacial score (nSPS) is 19.5. The minimum atomic E-state index is -0.756. The second kappa shape index (κ2) is 6.16. The van der Waals surface area contributed by atoms with Gasteiger partial charge in [0, 0.05) is 50.5 Å². The van der Waals surface area contributed by atoms with Gasteiger partial charge in [-0.3, -0.25) is 14.4 Å². The van der Waals surface area contributed by atoms with Crippen LogP contribution < -0.4 is 0 Å². The fraction of sp³-hybridized carbons (Fsp3) is 0.692. The maximum absolute atomic E-state index is 11.1. The summed E-state index contributed by atoms with van der Waals surface area (Å²) >= 11 is 0. The number of carbonyl (C=O) groups is 1. The molecule has 6 nitrogen and oxygen atoms in total. The molecule has 6 heteroatoms. The summed E-state index contributed by atoms with van der Waals surface area (Å²) in [6.45, 7) is 6.62. The molecule has 2 heterocycles. The quantitative estimate of drug-likeness (QED) is 0.848. The van der Waals surface area contributed by atoms with Crippen LogP contribution >= 0.6 is 0 Å². The summed E-state index contributed by atoms with van der Waals surface area (Å²) in [7, 11) is 2.10. The molecule has 0 aliphatic carbocycles. The molecule has 0 spiro atoms. The molecule has 0 amide bonds. The molecule has 1 atom stereocenters. The fourth-order valence-electron chi connectivity index (χ4n) is 2.48. The maximum atomic E-state index is 11.1. The summed E-state index contributed by atoms with van der Waals surface area (Å²) in [5, 5.41) is 13.4. The molecule has 1 unspecified atom stereocenters. The highest BCUT2D eigenvalue weighted by Gasteiger charge is 2.26. The monoisotopic (exact) mass is 266 g/mol. The number of aliphatic carboxylic acids is 1. The Labute approximate surface area is 113 Å². The second-order valence-corrected chi connectivity index (χ2v) is 5.08. The first-order chi connectivity index (χ1) is 9.10. The van der Waals surface area contributed by atoms with Gasteiger partial charge in [0.15, 0.2) is 0 Å². The average Bonchev–Trinajstić information content (AvgIpc) is 2.85. The van der Waals surface area contributed by atoms with Crippen molar-refractivity contribution in [1.82, 2.24) is 19.6 Å². The summed E-state index contributed by atoms with van der Waals surface area (Å²) in [5.41, 5.74) is 1.01. The summed E-state index contributed by atoms with van der Waals surface area (Å²) in [6.07, 6.45) is 3.90. The van der Waals surface area contributed by atoms with Gasteiger partial charge in [0.05, 0.1) is 12.6 Å². The number of carboxylic acids is 1. The Balaban J connectivity index is 2.13. The minimum absolute atomic E-state index is 0.0634. The van der Waals surface area contributed by atoms with E-state index in [-0.39, 0.29) is 12.5 Å². The molecule has 106 valence electrons. The first kappa shape index (κ1) is 14.0. The van der Waals surface area contributed by atoms with Crippen molar-refractivity contribution >= 4 is 5.97 Å². The van der Waals surface area contributed by atoms with Crippen LogP contribution in [0.4, 0.5) is 0 Å². The van der Waals surface area contributed by atoms with Crippen molar-refractivity contribution in [3.63, 3.8) is 0 Å². The van der Waals surface area contributed by atoms with Gasteiger partial charge in [-0.25, -0.2) is 0 Å². The molecule has 1 aromatic heterocycles. The number of aromatic nitrogens is 2. The predicted molar refractivity (Wildman–Crippen MR) is 72.0 cm³/mol. The smallest absolute Gasteiger partial charge is 0.305 e. The van der Waals surface area contributed by atoms with Gasteiger partial charge in [-0.15, -0.1) is 0 Å². The van der Waals surface area contributed by atoms with Gasteiger partial charge in [-0.2, -0.15) is 5.10 Å². The largest absolute Gasteiger partial charge is 0.481 e. The lowest BCUT2D eigenvalue weighted by molar-refractivity contribution is -0.138. The lowest BCUT2D eigenvalue weighted by Crippen LogP contribution is -2.46. The number of aryl methyl sites for hydroxylation is 1. The Hall–Kier alpha value is -1.40. The molecule has 1 aromatic rings. The zero-order valence-electron chi connectivity index (χ0n) is 11.6. The van der Waals surface area contributed by atoms with Crippen molar-refractivity contribution in [3.8, 4) is 0 Å². The standard InChI is InChI=1S/C13H22N4O2/c1-3-17-10-11(9-14-17)12(8-13(18)19)16-6-4-15(2)5-7-16/h9-10,12H,3-8H2,1-2H3,(H,18,19). The van der Waals surface area contributed by atoms with Crippen molar-refractivity contribution < 1.29 is 9.90 Å². The van der Waals surface area contributed by atoms with Crippen molar-refractivity contribution in [3.05, 3.63) is 18.0 Å². The average molecular weight is 266 g/mol. The molecule has 0 radical (unpaired) electrons. The number of nitrogens with zero attached hydrogens (tertiary/aromatic N) is 4. The van der Waals surface area contributed by atoms with Crippen molar-refractivity contribution in [1.29, 1.82) is 0 Å². The molecule has 1 saturated heterocycles. The predicted octanol–water partition coefficient (Wildman–Crippen LogP) is 0.666. The van der Waals surface area contributed by atoms with Crippen molar-refractivity contribution in [2.24, 2.45) is 0 Å². The van der Waals surface area contributed by atoms with E-state index in [0.29, 0.717) is 0 Å². The molecule has 1 fully saturated rings. The summed E-state index contributed by atoms with van der Waals surface area (Å²) in [5.74, 6) is -0.756.